The Balaban J connectivity index is 1.94. The van der Waals surface area contributed by atoms with E-state index in [9.17, 15) is 0 Å². The standard InChI is InChI=1S/C13H9N5O/c1-8-17-11-4-9(2-3-12(11)19-8)18-13-5-10(6-14)15-7-16-13/h2-5,7H,1H3,(H,15,16,18). The summed E-state index contributed by atoms with van der Waals surface area (Å²) in [5.74, 6) is 1.19. The third-order valence-corrected chi connectivity index (χ3v) is 2.55. The molecule has 2 aromatic heterocycles. The summed E-state index contributed by atoms with van der Waals surface area (Å²) in [7, 11) is 0. The van der Waals surface area contributed by atoms with E-state index in [4.69, 9.17) is 9.68 Å². The maximum Gasteiger partial charge on any atom is 0.192 e. The van der Waals surface area contributed by atoms with Crippen molar-refractivity contribution in [3.05, 3.63) is 42.2 Å². The summed E-state index contributed by atoms with van der Waals surface area (Å²) in [5, 5.41) is 11.9. The van der Waals surface area contributed by atoms with Gasteiger partial charge in [0.2, 0.25) is 0 Å². The summed E-state index contributed by atoms with van der Waals surface area (Å²) >= 11 is 0. The Morgan fingerprint density at radius 1 is 1.26 bits per heavy atom. The first-order valence-electron chi connectivity index (χ1n) is 5.61. The van der Waals surface area contributed by atoms with Gasteiger partial charge >= 0.3 is 0 Å². The zero-order chi connectivity index (χ0) is 13.2. The van der Waals surface area contributed by atoms with E-state index in [1.54, 1.807) is 13.0 Å². The van der Waals surface area contributed by atoms with Crippen LogP contribution in [0.2, 0.25) is 0 Å². The molecule has 0 aliphatic carbocycles. The summed E-state index contributed by atoms with van der Waals surface area (Å²) in [6.07, 6.45) is 1.35. The van der Waals surface area contributed by atoms with Gasteiger partial charge in [0.25, 0.3) is 0 Å². The number of nitriles is 1. The van der Waals surface area contributed by atoms with Gasteiger partial charge in [0, 0.05) is 18.7 Å². The molecule has 3 rings (SSSR count). The smallest absolute Gasteiger partial charge is 0.192 e. The third-order valence-electron chi connectivity index (χ3n) is 2.55. The molecule has 19 heavy (non-hydrogen) atoms. The normalized spacial score (nSPS) is 10.3. The topological polar surface area (TPSA) is 87.6 Å². The quantitative estimate of drug-likeness (QED) is 0.753. The number of fused-ring (bicyclic) bond motifs is 1. The molecule has 0 amide bonds. The summed E-state index contributed by atoms with van der Waals surface area (Å²) in [6.45, 7) is 1.80. The van der Waals surface area contributed by atoms with Gasteiger partial charge in [-0.3, -0.25) is 0 Å². The Labute approximate surface area is 108 Å². The molecule has 6 heteroatoms. The number of anilines is 2. The second-order valence-corrected chi connectivity index (χ2v) is 3.94. The monoisotopic (exact) mass is 251 g/mol. The zero-order valence-electron chi connectivity index (χ0n) is 10.1. The number of nitrogens with one attached hydrogen (secondary N) is 1. The van der Waals surface area contributed by atoms with Crippen LogP contribution in [0.3, 0.4) is 0 Å². The van der Waals surface area contributed by atoms with E-state index in [1.165, 1.54) is 6.33 Å². The predicted octanol–water partition coefficient (Wildman–Crippen LogP) is 2.54. The Morgan fingerprint density at radius 2 is 2.16 bits per heavy atom. The van der Waals surface area contributed by atoms with E-state index < -0.39 is 0 Å². The van der Waals surface area contributed by atoms with Crippen LogP contribution in [-0.4, -0.2) is 15.0 Å². The fraction of sp³-hybridized carbons (Fsp3) is 0.0769. The van der Waals surface area contributed by atoms with E-state index in [0.717, 1.165) is 16.8 Å². The van der Waals surface area contributed by atoms with Gasteiger partial charge in [-0.15, -0.1) is 0 Å². The maximum atomic E-state index is 8.78. The molecule has 0 aliphatic heterocycles. The average Bonchev–Trinajstić information content (AvgIpc) is 2.78. The molecule has 0 radical (unpaired) electrons. The lowest BCUT2D eigenvalue weighted by atomic mass is 10.3. The van der Waals surface area contributed by atoms with Crippen molar-refractivity contribution in [1.29, 1.82) is 5.26 Å². The van der Waals surface area contributed by atoms with Crippen molar-refractivity contribution in [2.45, 2.75) is 6.92 Å². The first-order chi connectivity index (χ1) is 9.24. The van der Waals surface area contributed by atoms with Crippen molar-refractivity contribution >= 4 is 22.6 Å². The van der Waals surface area contributed by atoms with Gasteiger partial charge in [0.1, 0.15) is 29.4 Å². The average molecular weight is 251 g/mol. The second-order valence-electron chi connectivity index (χ2n) is 3.94. The van der Waals surface area contributed by atoms with Crippen LogP contribution < -0.4 is 5.32 Å². The number of hydrogen-bond acceptors (Lipinski definition) is 6. The molecule has 0 aliphatic rings. The van der Waals surface area contributed by atoms with Crippen molar-refractivity contribution < 1.29 is 4.42 Å². The van der Waals surface area contributed by atoms with Crippen LogP contribution in [0.1, 0.15) is 11.6 Å². The van der Waals surface area contributed by atoms with E-state index in [1.807, 2.05) is 24.3 Å². The molecular formula is C13H9N5O. The van der Waals surface area contributed by atoms with E-state index in [-0.39, 0.29) is 0 Å². The molecule has 1 aromatic carbocycles. The van der Waals surface area contributed by atoms with E-state index in [2.05, 4.69) is 20.3 Å². The number of aryl methyl sites for hydroxylation is 1. The van der Waals surface area contributed by atoms with Crippen molar-refractivity contribution in [3.8, 4) is 6.07 Å². The van der Waals surface area contributed by atoms with Gasteiger partial charge in [0.15, 0.2) is 11.5 Å². The van der Waals surface area contributed by atoms with Crippen LogP contribution in [0.15, 0.2) is 35.0 Å². The largest absolute Gasteiger partial charge is 0.441 e. The number of rotatable bonds is 2. The Morgan fingerprint density at radius 3 is 3.00 bits per heavy atom. The number of benzene rings is 1. The Hall–Kier alpha value is -2.94. The summed E-state index contributed by atoms with van der Waals surface area (Å²) in [4.78, 5) is 12.1. The molecule has 0 saturated carbocycles. The third kappa shape index (κ3) is 2.21. The molecule has 2 heterocycles. The molecule has 6 nitrogen and oxygen atoms in total. The number of nitrogens with zero attached hydrogens (tertiary/aromatic N) is 4. The van der Waals surface area contributed by atoms with Crippen molar-refractivity contribution in [2.75, 3.05) is 5.32 Å². The Bertz CT molecular complexity index is 787. The van der Waals surface area contributed by atoms with Gasteiger partial charge in [-0.1, -0.05) is 0 Å². The summed E-state index contributed by atoms with van der Waals surface area (Å²) in [5.41, 5.74) is 2.65. The van der Waals surface area contributed by atoms with Crippen molar-refractivity contribution in [2.24, 2.45) is 0 Å². The first kappa shape index (κ1) is 11.2. The van der Waals surface area contributed by atoms with Crippen molar-refractivity contribution in [1.82, 2.24) is 15.0 Å². The Kier molecular flexibility index (Phi) is 2.58. The maximum absolute atomic E-state index is 8.78. The minimum absolute atomic E-state index is 0.316. The summed E-state index contributed by atoms with van der Waals surface area (Å²) < 4.78 is 5.40. The fourth-order valence-corrected chi connectivity index (χ4v) is 1.76. The number of aromatic nitrogens is 3. The van der Waals surface area contributed by atoms with Crippen LogP contribution in [0.4, 0.5) is 11.5 Å². The van der Waals surface area contributed by atoms with E-state index >= 15 is 0 Å². The highest BCUT2D eigenvalue weighted by Crippen LogP contribution is 2.21. The van der Waals surface area contributed by atoms with Gasteiger partial charge in [0.05, 0.1) is 0 Å². The molecule has 92 valence electrons. The highest BCUT2D eigenvalue weighted by Gasteiger charge is 2.04. The molecule has 1 N–H and O–H groups in total. The molecule has 0 unspecified atom stereocenters. The number of oxazole rings is 1. The highest BCUT2D eigenvalue weighted by atomic mass is 16.3. The van der Waals surface area contributed by atoms with Gasteiger partial charge in [-0.2, -0.15) is 5.26 Å². The minimum Gasteiger partial charge on any atom is -0.441 e. The lowest BCUT2D eigenvalue weighted by Crippen LogP contribution is -1.95. The SMILES string of the molecule is Cc1nc2cc(Nc3cc(C#N)ncn3)ccc2o1. The molecular weight excluding hydrogens is 242 g/mol. The van der Waals surface area contributed by atoms with Crippen LogP contribution in [0.5, 0.6) is 0 Å². The highest BCUT2D eigenvalue weighted by molar-refractivity contribution is 5.78. The fourth-order valence-electron chi connectivity index (χ4n) is 1.76. The van der Waals surface area contributed by atoms with Gasteiger partial charge in [-0.25, -0.2) is 15.0 Å². The van der Waals surface area contributed by atoms with Crippen LogP contribution >= 0.6 is 0 Å². The molecule has 0 spiro atoms. The molecule has 0 fully saturated rings. The van der Waals surface area contributed by atoms with E-state index in [0.29, 0.717) is 17.4 Å². The van der Waals surface area contributed by atoms with Gasteiger partial charge in [-0.05, 0) is 18.2 Å². The van der Waals surface area contributed by atoms with Gasteiger partial charge < -0.3 is 9.73 Å². The molecule has 3 aromatic rings. The predicted molar refractivity (Wildman–Crippen MR) is 68.8 cm³/mol. The lowest BCUT2D eigenvalue weighted by molar-refractivity contribution is 0.561. The van der Waals surface area contributed by atoms with Crippen LogP contribution in [0, 0.1) is 18.3 Å². The van der Waals surface area contributed by atoms with Crippen LogP contribution in [0.25, 0.3) is 11.1 Å². The first-order valence-corrected chi connectivity index (χ1v) is 5.61. The lowest BCUT2D eigenvalue weighted by Gasteiger charge is -2.04. The van der Waals surface area contributed by atoms with Crippen LogP contribution in [-0.2, 0) is 0 Å². The second kappa shape index (κ2) is 4.38. The van der Waals surface area contributed by atoms with Crippen molar-refractivity contribution in [3.63, 3.8) is 0 Å². The molecule has 0 bridgehead atoms. The molecule has 0 saturated heterocycles. The summed E-state index contributed by atoms with van der Waals surface area (Å²) in [6, 6.07) is 9.11. The number of hydrogen-bond donors (Lipinski definition) is 1. The minimum atomic E-state index is 0.316. The molecule has 0 atom stereocenters. The zero-order valence-corrected chi connectivity index (χ0v) is 10.1.